The number of likely N-dealkylation sites (tertiary alicyclic amines) is 1. The summed E-state index contributed by atoms with van der Waals surface area (Å²) in [4.78, 5) is 0. The first-order chi connectivity index (χ1) is 8.75. The van der Waals surface area contributed by atoms with Crippen LogP contribution < -0.4 is 0 Å². The number of quaternary nitrogens is 1. The van der Waals surface area contributed by atoms with E-state index < -0.39 is 0 Å². The number of likely N-dealkylation sites (N-methyl/N-ethyl adjacent to an activating group) is 1. The van der Waals surface area contributed by atoms with Crippen molar-refractivity contribution in [2.75, 3.05) is 33.3 Å². The maximum atomic E-state index is 6.16. The molecule has 2 fully saturated rings. The van der Waals surface area contributed by atoms with Crippen LogP contribution in [0.25, 0.3) is 0 Å². The fourth-order valence-electron chi connectivity index (χ4n) is 3.65. The van der Waals surface area contributed by atoms with Crippen molar-refractivity contribution in [2.45, 2.75) is 44.5 Å². The minimum Gasteiger partial charge on any atom is -0.349 e. The van der Waals surface area contributed by atoms with Crippen LogP contribution in [0.5, 0.6) is 0 Å². The molecule has 3 nitrogen and oxygen atoms in total. The number of rotatable bonds is 3. The van der Waals surface area contributed by atoms with E-state index in [0.29, 0.717) is 12.0 Å². The van der Waals surface area contributed by atoms with Gasteiger partial charge in [-0.1, -0.05) is 12.2 Å². The smallest absolute Gasteiger partial charge is 0.161 e. The second-order valence-electron chi connectivity index (χ2n) is 6.46. The van der Waals surface area contributed by atoms with Gasteiger partial charge < -0.3 is 14.0 Å². The Hall–Kier alpha value is -0.380. The van der Waals surface area contributed by atoms with Crippen molar-refractivity contribution in [1.82, 2.24) is 0 Å². The molecule has 1 aliphatic carbocycles. The Kier molecular flexibility index (Phi) is 3.73. The number of ether oxygens (including phenoxy) is 2. The van der Waals surface area contributed by atoms with Gasteiger partial charge in [0.25, 0.3) is 0 Å². The highest BCUT2D eigenvalue weighted by atomic mass is 16.7. The fraction of sp³-hybridized carbons (Fsp3) is 0.867. The van der Waals surface area contributed by atoms with Gasteiger partial charge in [0, 0.05) is 18.8 Å². The van der Waals surface area contributed by atoms with Crippen LogP contribution in [-0.2, 0) is 9.47 Å². The molecule has 0 aromatic heterocycles. The van der Waals surface area contributed by atoms with Crippen molar-refractivity contribution in [2.24, 2.45) is 5.92 Å². The monoisotopic (exact) mass is 252 g/mol. The molecule has 2 saturated heterocycles. The van der Waals surface area contributed by atoms with Crippen LogP contribution in [0, 0.1) is 5.92 Å². The highest BCUT2D eigenvalue weighted by Gasteiger charge is 2.38. The average molecular weight is 252 g/mol. The summed E-state index contributed by atoms with van der Waals surface area (Å²) in [6.45, 7) is 4.57. The Bertz CT molecular complexity index is 310. The first-order valence-corrected chi connectivity index (χ1v) is 7.51. The second-order valence-corrected chi connectivity index (χ2v) is 6.46. The van der Waals surface area contributed by atoms with Gasteiger partial charge >= 0.3 is 0 Å². The number of hydrogen-bond acceptors (Lipinski definition) is 2. The van der Waals surface area contributed by atoms with E-state index in [2.05, 4.69) is 19.2 Å². The molecule has 18 heavy (non-hydrogen) atoms. The quantitative estimate of drug-likeness (QED) is 0.567. The average Bonchev–Trinajstić information content (AvgIpc) is 3.00. The summed E-state index contributed by atoms with van der Waals surface area (Å²) in [5.74, 6) is 0.587. The van der Waals surface area contributed by atoms with Crippen LogP contribution in [0.1, 0.15) is 32.1 Å². The zero-order chi connectivity index (χ0) is 12.4. The Morgan fingerprint density at radius 2 is 2.06 bits per heavy atom. The third kappa shape index (κ3) is 2.79. The number of allylic oxidation sites excluding steroid dienone is 2. The standard InChI is InChI=1S/C15H26NO2/c1-16(9-5-6-10-16)11-14-12-17-15(18-14)13-7-3-2-4-8-13/h2-3,13-15H,4-12H2,1H3/q+1/t13-,14+,15+/m0/s1. The van der Waals surface area contributed by atoms with E-state index >= 15 is 0 Å². The Balaban J connectivity index is 1.50. The Labute approximate surface area is 110 Å². The lowest BCUT2D eigenvalue weighted by molar-refractivity contribution is -0.900. The molecular formula is C15H26NO2+. The maximum Gasteiger partial charge on any atom is 0.161 e. The molecule has 0 spiro atoms. The summed E-state index contributed by atoms with van der Waals surface area (Å²) in [7, 11) is 2.37. The van der Waals surface area contributed by atoms with Gasteiger partial charge in [-0.25, -0.2) is 0 Å². The van der Waals surface area contributed by atoms with E-state index in [1.165, 1.54) is 43.3 Å². The minimum absolute atomic E-state index is 0.0640. The predicted molar refractivity (Wildman–Crippen MR) is 71.1 cm³/mol. The van der Waals surface area contributed by atoms with Gasteiger partial charge in [0.05, 0.1) is 26.7 Å². The number of hydrogen-bond donors (Lipinski definition) is 0. The summed E-state index contributed by atoms with van der Waals surface area (Å²) in [5, 5.41) is 0. The topological polar surface area (TPSA) is 18.5 Å². The highest BCUT2D eigenvalue weighted by molar-refractivity contribution is 4.91. The molecule has 0 amide bonds. The molecular weight excluding hydrogens is 226 g/mol. The molecule has 0 unspecified atom stereocenters. The van der Waals surface area contributed by atoms with E-state index in [9.17, 15) is 0 Å². The van der Waals surface area contributed by atoms with Crippen LogP contribution in [0.4, 0.5) is 0 Å². The zero-order valence-corrected chi connectivity index (χ0v) is 11.5. The molecule has 3 rings (SSSR count). The lowest BCUT2D eigenvalue weighted by atomic mass is 9.94. The van der Waals surface area contributed by atoms with Gasteiger partial charge in [0.1, 0.15) is 12.6 Å². The van der Waals surface area contributed by atoms with E-state index in [4.69, 9.17) is 9.47 Å². The summed E-state index contributed by atoms with van der Waals surface area (Å²) in [6, 6.07) is 0. The molecule has 3 aliphatic rings. The van der Waals surface area contributed by atoms with Crippen molar-refractivity contribution in [3.8, 4) is 0 Å². The van der Waals surface area contributed by atoms with Crippen molar-refractivity contribution in [1.29, 1.82) is 0 Å². The van der Waals surface area contributed by atoms with Crippen molar-refractivity contribution in [3.63, 3.8) is 0 Å². The minimum atomic E-state index is 0.0640. The van der Waals surface area contributed by atoms with Crippen LogP contribution in [0.2, 0.25) is 0 Å². The molecule has 0 saturated carbocycles. The third-order valence-electron chi connectivity index (χ3n) is 4.76. The molecule has 102 valence electrons. The highest BCUT2D eigenvalue weighted by Crippen LogP contribution is 2.30. The molecule has 0 aromatic carbocycles. The van der Waals surface area contributed by atoms with Gasteiger partial charge in [0.15, 0.2) is 6.29 Å². The van der Waals surface area contributed by atoms with E-state index in [-0.39, 0.29) is 6.29 Å². The van der Waals surface area contributed by atoms with Gasteiger partial charge in [-0.2, -0.15) is 0 Å². The Morgan fingerprint density at radius 3 is 2.78 bits per heavy atom. The second kappa shape index (κ2) is 5.32. The lowest BCUT2D eigenvalue weighted by Crippen LogP contribution is -2.47. The van der Waals surface area contributed by atoms with Gasteiger partial charge in [-0.15, -0.1) is 0 Å². The van der Waals surface area contributed by atoms with Crippen LogP contribution in [0.15, 0.2) is 12.2 Å². The SMILES string of the molecule is C[N+]1(C[C@@H]2CO[C@@H]([C@H]3CC=CCC3)O2)CCCC1. The molecule has 0 aromatic rings. The van der Waals surface area contributed by atoms with Crippen LogP contribution in [0.3, 0.4) is 0 Å². The molecule has 2 heterocycles. The molecule has 0 radical (unpaired) electrons. The van der Waals surface area contributed by atoms with Crippen molar-refractivity contribution >= 4 is 0 Å². The predicted octanol–water partition coefficient (Wildman–Crippen LogP) is 2.32. The summed E-state index contributed by atoms with van der Waals surface area (Å²) >= 11 is 0. The zero-order valence-electron chi connectivity index (χ0n) is 11.5. The maximum absolute atomic E-state index is 6.16. The van der Waals surface area contributed by atoms with E-state index in [0.717, 1.165) is 19.6 Å². The summed E-state index contributed by atoms with van der Waals surface area (Å²) < 4.78 is 13.2. The fourth-order valence-corrected chi connectivity index (χ4v) is 3.65. The molecule has 2 aliphatic heterocycles. The molecule has 0 N–H and O–H groups in total. The summed E-state index contributed by atoms with van der Waals surface area (Å²) in [5.41, 5.74) is 0. The van der Waals surface area contributed by atoms with Gasteiger partial charge in [-0.3, -0.25) is 0 Å². The van der Waals surface area contributed by atoms with Crippen molar-refractivity contribution < 1.29 is 14.0 Å². The normalized spacial score (nSPS) is 39.3. The van der Waals surface area contributed by atoms with E-state index in [1.54, 1.807) is 0 Å². The summed E-state index contributed by atoms with van der Waals surface area (Å²) in [6.07, 6.45) is 11.2. The van der Waals surface area contributed by atoms with Gasteiger partial charge in [-0.05, 0) is 19.3 Å². The molecule has 3 heteroatoms. The third-order valence-corrected chi connectivity index (χ3v) is 4.76. The van der Waals surface area contributed by atoms with Crippen molar-refractivity contribution in [3.05, 3.63) is 12.2 Å². The lowest BCUT2D eigenvalue weighted by Gasteiger charge is -2.31. The Morgan fingerprint density at radius 1 is 1.22 bits per heavy atom. The first-order valence-electron chi connectivity index (χ1n) is 7.51. The molecule has 3 atom stereocenters. The number of nitrogens with zero attached hydrogens (tertiary/aromatic N) is 1. The largest absolute Gasteiger partial charge is 0.349 e. The van der Waals surface area contributed by atoms with Crippen LogP contribution >= 0.6 is 0 Å². The van der Waals surface area contributed by atoms with Gasteiger partial charge in [0.2, 0.25) is 0 Å². The van der Waals surface area contributed by atoms with Crippen LogP contribution in [-0.4, -0.2) is 50.2 Å². The van der Waals surface area contributed by atoms with E-state index in [1.807, 2.05) is 0 Å². The first kappa shape index (κ1) is 12.6. The molecule has 0 bridgehead atoms.